The number of benzene rings is 1. The highest BCUT2D eigenvalue weighted by Crippen LogP contribution is 2.27. The lowest BCUT2D eigenvalue weighted by Gasteiger charge is -2.15. The molecule has 0 aliphatic rings. The molecule has 1 aromatic heterocycles. The maximum absolute atomic E-state index is 10.4. The molecule has 0 radical (unpaired) electrons. The molecule has 0 aliphatic carbocycles. The number of hydrogen-bond acceptors (Lipinski definition) is 2. The minimum atomic E-state index is -0.656. The fraction of sp³-hybridized carbons (Fsp3) is 0.308. The van der Waals surface area contributed by atoms with Crippen LogP contribution in [0.15, 0.2) is 30.6 Å². The molecule has 1 atom stereocenters. The molecule has 0 fully saturated rings. The zero-order valence-corrected chi connectivity index (χ0v) is 12.0. The number of hydrogen-bond donors (Lipinski definition) is 1. The number of rotatable bonds is 3. The highest BCUT2D eigenvalue weighted by molar-refractivity contribution is 14.1. The molecule has 0 saturated carbocycles. The largest absolute Gasteiger partial charge is 0.380 e. The van der Waals surface area contributed by atoms with Crippen LogP contribution < -0.4 is 0 Å². The Labute approximate surface area is 115 Å². The summed E-state index contributed by atoms with van der Waals surface area (Å²) in [5.74, 6) is 0.705. The Kier molecular flexibility index (Phi) is 3.83. The van der Waals surface area contributed by atoms with Gasteiger partial charge in [-0.25, -0.2) is 4.98 Å². The van der Waals surface area contributed by atoms with Crippen LogP contribution in [0.5, 0.6) is 0 Å². The summed E-state index contributed by atoms with van der Waals surface area (Å²) in [7, 11) is 0. The molecule has 0 saturated heterocycles. The fourth-order valence-corrected chi connectivity index (χ4v) is 2.51. The van der Waals surface area contributed by atoms with Crippen LogP contribution in [-0.2, 0) is 6.54 Å². The lowest BCUT2D eigenvalue weighted by Crippen LogP contribution is -2.10. The highest BCUT2D eigenvalue weighted by Gasteiger charge is 2.18. The van der Waals surface area contributed by atoms with Crippen molar-refractivity contribution in [1.29, 1.82) is 0 Å². The van der Waals surface area contributed by atoms with Gasteiger partial charge >= 0.3 is 0 Å². The van der Waals surface area contributed by atoms with E-state index in [4.69, 9.17) is 0 Å². The predicted octanol–water partition coefficient (Wildman–Crippen LogP) is 2.90. The molecule has 0 spiro atoms. The number of aliphatic hydroxyl groups excluding tert-OH is 1. The molecule has 3 nitrogen and oxygen atoms in total. The summed E-state index contributed by atoms with van der Waals surface area (Å²) < 4.78 is 3.06. The first-order chi connectivity index (χ1) is 8.15. The van der Waals surface area contributed by atoms with Crippen LogP contribution in [0.2, 0.25) is 0 Å². The second-order valence-electron chi connectivity index (χ2n) is 3.95. The van der Waals surface area contributed by atoms with Crippen LogP contribution in [0.3, 0.4) is 0 Å². The molecule has 2 aromatic rings. The first kappa shape index (κ1) is 12.6. The van der Waals surface area contributed by atoms with Crippen molar-refractivity contribution in [2.24, 2.45) is 0 Å². The van der Waals surface area contributed by atoms with Crippen LogP contribution >= 0.6 is 22.6 Å². The van der Waals surface area contributed by atoms with Gasteiger partial charge in [-0.05, 0) is 42.0 Å². The average Bonchev–Trinajstić information content (AvgIpc) is 2.80. The van der Waals surface area contributed by atoms with Gasteiger partial charge in [0.05, 0.1) is 0 Å². The fourth-order valence-electron chi connectivity index (χ4n) is 1.86. The van der Waals surface area contributed by atoms with Gasteiger partial charge in [-0.15, -0.1) is 0 Å². The third-order valence-corrected chi connectivity index (χ3v) is 4.32. The molecule has 0 bridgehead atoms. The van der Waals surface area contributed by atoms with Gasteiger partial charge in [0.2, 0.25) is 0 Å². The van der Waals surface area contributed by atoms with Gasteiger partial charge in [0, 0.05) is 28.1 Å². The average molecular weight is 342 g/mol. The van der Waals surface area contributed by atoms with Crippen molar-refractivity contribution in [3.8, 4) is 0 Å². The summed E-state index contributed by atoms with van der Waals surface area (Å²) in [6.45, 7) is 4.90. The van der Waals surface area contributed by atoms with E-state index in [1.54, 1.807) is 6.20 Å². The molecule has 17 heavy (non-hydrogen) atoms. The third-order valence-electron chi connectivity index (χ3n) is 2.85. The lowest BCUT2D eigenvalue weighted by atomic mass is 10.1. The molecule has 90 valence electrons. The number of aliphatic hydroxyl groups is 1. The number of nitrogens with zero attached hydrogens (tertiary/aromatic N) is 2. The zero-order chi connectivity index (χ0) is 12.4. The quantitative estimate of drug-likeness (QED) is 0.871. The lowest BCUT2D eigenvalue weighted by molar-refractivity contribution is 0.204. The van der Waals surface area contributed by atoms with Crippen LogP contribution in [0.25, 0.3) is 0 Å². The van der Waals surface area contributed by atoms with Crippen LogP contribution in [0.1, 0.15) is 30.0 Å². The predicted molar refractivity (Wildman–Crippen MR) is 75.9 cm³/mol. The molecule has 1 heterocycles. The summed E-state index contributed by atoms with van der Waals surface area (Å²) >= 11 is 2.27. The maximum atomic E-state index is 10.4. The summed E-state index contributed by atoms with van der Waals surface area (Å²) in [5.41, 5.74) is 2.10. The van der Waals surface area contributed by atoms with E-state index in [9.17, 15) is 5.11 Å². The van der Waals surface area contributed by atoms with Gasteiger partial charge in [0.1, 0.15) is 11.9 Å². The van der Waals surface area contributed by atoms with E-state index in [0.29, 0.717) is 5.82 Å². The van der Waals surface area contributed by atoms with E-state index < -0.39 is 6.10 Å². The normalized spacial score (nSPS) is 12.7. The van der Waals surface area contributed by atoms with Crippen molar-refractivity contribution in [2.45, 2.75) is 26.5 Å². The molecule has 1 unspecified atom stereocenters. The van der Waals surface area contributed by atoms with Crippen molar-refractivity contribution in [3.63, 3.8) is 0 Å². The van der Waals surface area contributed by atoms with Crippen LogP contribution in [-0.4, -0.2) is 14.7 Å². The Morgan fingerprint density at radius 2 is 2.24 bits per heavy atom. The van der Waals surface area contributed by atoms with Crippen molar-refractivity contribution >= 4 is 22.6 Å². The minimum absolute atomic E-state index is 0.656. The molecule has 2 rings (SSSR count). The molecule has 1 aromatic carbocycles. The standard InChI is InChI=1S/C13H15IN2O/c1-3-16-8-7-15-13(16)12(17)10-6-4-5-9(2)11(10)14/h4-8,12,17H,3H2,1-2H3. The summed E-state index contributed by atoms with van der Waals surface area (Å²) in [4.78, 5) is 4.24. The van der Waals surface area contributed by atoms with Gasteiger partial charge < -0.3 is 9.67 Å². The summed E-state index contributed by atoms with van der Waals surface area (Å²) in [6, 6.07) is 5.97. The van der Waals surface area contributed by atoms with Crippen molar-refractivity contribution < 1.29 is 5.11 Å². The van der Waals surface area contributed by atoms with Crippen LogP contribution in [0, 0.1) is 10.5 Å². The number of imidazole rings is 1. The van der Waals surface area contributed by atoms with Crippen LogP contribution in [0.4, 0.5) is 0 Å². The first-order valence-corrected chi connectivity index (χ1v) is 6.67. The Hall–Kier alpha value is -0.880. The Bertz CT molecular complexity index is 522. The van der Waals surface area contributed by atoms with E-state index >= 15 is 0 Å². The van der Waals surface area contributed by atoms with Gasteiger partial charge in [-0.1, -0.05) is 18.2 Å². The summed E-state index contributed by atoms with van der Waals surface area (Å²) in [5, 5.41) is 10.4. The molecular weight excluding hydrogens is 327 g/mol. The smallest absolute Gasteiger partial charge is 0.142 e. The highest BCUT2D eigenvalue weighted by atomic mass is 127. The second kappa shape index (κ2) is 5.18. The number of aryl methyl sites for hydroxylation is 2. The minimum Gasteiger partial charge on any atom is -0.380 e. The Balaban J connectivity index is 2.44. The number of halogens is 1. The Morgan fingerprint density at radius 3 is 2.94 bits per heavy atom. The SMILES string of the molecule is CCn1ccnc1C(O)c1cccc(C)c1I. The number of aromatic nitrogens is 2. The van der Waals surface area contributed by atoms with E-state index in [-0.39, 0.29) is 0 Å². The zero-order valence-electron chi connectivity index (χ0n) is 9.89. The van der Waals surface area contributed by atoms with Crippen molar-refractivity contribution in [1.82, 2.24) is 9.55 Å². The maximum Gasteiger partial charge on any atom is 0.142 e. The van der Waals surface area contributed by atoms with Gasteiger partial charge in [-0.3, -0.25) is 0 Å². The monoisotopic (exact) mass is 342 g/mol. The van der Waals surface area contributed by atoms with E-state index in [1.807, 2.05) is 42.8 Å². The molecule has 0 aliphatic heterocycles. The first-order valence-electron chi connectivity index (χ1n) is 5.59. The van der Waals surface area contributed by atoms with Gasteiger partial charge in [0.15, 0.2) is 0 Å². The molecule has 1 N–H and O–H groups in total. The van der Waals surface area contributed by atoms with Crippen molar-refractivity contribution in [3.05, 3.63) is 51.1 Å². The summed E-state index contributed by atoms with van der Waals surface area (Å²) in [6.07, 6.45) is 2.96. The van der Waals surface area contributed by atoms with Crippen molar-refractivity contribution in [2.75, 3.05) is 0 Å². The van der Waals surface area contributed by atoms with Gasteiger partial charge in [0.25, 0.3) is 0 Å². The van der Waals surface area contributed by atoms with Gasteiger partial charge in [-0.2, -0.15) is 0 Å². The third kappa shape index (κ3) is 2.37. The topological polar surface area (TPSA) is 38.0 Å². The molecular formula is C13H15IN2O. The Morgan fingerprint density at radius 1 is 1.47 bits per heavy atom. The van der Waals surface area contributed by atoms with E-state index in [0.717, 1.165) is 15.7 Å². The second-order valence-corrected chi connectivity index (χ2v) is 5.03. The molecule has 0 amide bonds. The molecule has 4 heteroatoms. The van der Waals surface area contributed by atoms with E-state index in [1.165, 1.54) is 5.56 Å². The van der Waals surface area contributed by atoms with E-state index in [2.05, 4.69) is 27.6 Å².